The lowest BCUT2D eigenvalue weighted by atomic mass is 10.1. The lowest BCUT2D eigenvalue weighted by Crippen LogP contribution is -2.36. The van der Waals surface area contributed by atoms with Crippen molar-refractivity contribution < 1.29 is 13.2 Å². The number of anilines is 1. The summed E-state index contributed by atoms with van der Waals surface area (Å²) in [5.74, 6) is 0.288. The van der Waals surface area contributed by atoms with Crippen LogP contribution in [0.2, 0.25) is 0 Å². The third kappa shape index (κ3) is 3.49. The van der Waals surface area contributed by atoms with Gasteiger partial charge in [-0.2, -0.15) is 0 Å². The van der Waals surface area contributed by atoms with Crippen molar-refractivity contribution in [3.05, 3.63) is 34.8 Å². The Balaban J connectivity index is 1.79. The monoisotopic (exact) mass is 383 g/mol. The first-order valence-electron chi connectivity index (χ1n) is 7.28. The number of benzene rings is 1. The van der Waals surface area contributed by atoms with Gasteiger partial charge >= 0.3 is 0 Å². The lowest BCUT2D eigenvalue weighted by Gasteiger charge is -2.22. The molecule has 0 saturated heterocycles. The molecule has 1 unspecified atom stereocenters. The number of rotatable bonds is 4. The Labute approximate surface area is 149 Å². The highest BCUT2D eigenvalue weighted by atomic mass is 32.2. The number of carbonyl (C=O) groups excluding carboxylic acids is 1. The standard InChI is InChI=1S/C15H17N3O3S3/c1-9-7-22-15(17-9)23-8-14(19)18-10(2)5-11-6-12(24(16,20)21)3-4-13(11)18/h3-4,6-7,10H,5,8H2,1-2H3,(H2,16,20,21). The Kier molecular flexibility index (Phi) is 4.69. The molecule has 1 amide bonds. The molecule has 0 aliphatic carbocycles. The number of hydrogen-bond donors (Lipinski definition) is 1. The number of nitrogens with zero attached hydrogens (tertiary/aromatic N) is 2. The predicted molar refractivity (Wildman–Crippen MR) is 96.0 cm³/mol. The molecule has 9 heteroatoms. The third-order valence-electron chi connectivity index (χ3n) is 3.78. The predicted octanol–water partition coefficient (Wildman–Crippen LogP) is 2.17. The Morgan fingerprint density at radius 1 is 1.50 bits per heavy atom. The minimum Gasteiger partial charge on any atom is -0.308 e. The van der Waals surface area contributed by atoms with E-state index in [1.54, 1.807) is 17.0 Å². The number of hydrogen-bond acceptors (Lipinski definition) is 6. The third-order valence-corrected chi connectivity index (χ3v) is 6.82. The Morgan fingerprint density at radius 2 is 2.25 bits per heavy atom. The van der Waals surface area contributed by atoms with Crippen LogP contribution in [0.25, 0.3) is 0 Å². The Morgan fingerprint density at radius 3 is 2.88 bits per heavy atom. The number of sulfonamides is 1. The zero-order chi connectivity index (χ0) is 17.5. The van der Waals surface area contributed by atoms with Gasteiger partial charge in [0.2, 0.25) is 15.9 Å². The summed E-state index contributed by atoms with van der Waals surface area (Å²) in [6, 6.07) is 4.66. The van der Waals surface area contributed by atoms with Gasteiger partial charge < -0.3 is 4.90 Å². The van der Waals surface area contributed by atoms with E-state index < -0.39 is 10.0 Å². The zero-order valence-electron chi connectivity index (χ0n) is 13.2. The van der Waals surface area contributed by atoms with E-state index >= 15 is 0 Å². The van der Waals surface area contributed by atoms with Crippen molar-refractivity contribution in [3.63, 3.8) is 0 Å². The van der Waals surface area contributed by atoms with E-state index in [-0.39, 0.29) is 16.8 Å². The van der Waals surface area contributed by atoms with Crippen molar-refractivity contribution >= 4 is 44.7 Å². The van der Waals surface area contributed by atoms with Crippen molar-refractivity contribution in [1.29, 1.82) is 0 Å². The summed E-state index contributed by atoms with van der Waals surface area (Å²) in [6.45, 7) is 3.87. The zero-order valence-corrected chi connectivity index (χ0v) is 15.7. The summed E-state index contributed by atoms with van der Waals surface area (Å²) in [4.78, 5) is 18.8. The number of amides is 1. The van der Waals surface area contributed by atoms with Crippen LogP contribution in [0.15, 0.2) is 32.8 Å². The highest BCUT2D eigenvalue weighted by molar-refractivity contribution is 8.01. The first-order valence-corrected chi connectivity index (χ1v) is 10.7. The summed E-state index contributed by atoms with van der Waals surface area (Å²) in [5, 5.41) is 7.13. The van der Waals surface area contributed by atoms with Gasteiger partial charge in [-0.1, -0.05) is 11.8 Å². The maximum atomic E-state index is 12.6. The molecule has 128 valence electrons. The van der Waals surface area contributed by atoms with Crippen molar-refractivity contribution in [2.45, 2.75) is 35.5 Å². The van der Waals surface area contributed by atoms with Crippen LogP contribution in [-0.2, 0) is 21.2 Å². The van der Waals surface area contributed by atoms with Crippen molar-refractivity contribution in [3.8, 4) is 0 Å². The van der Waals surface area contributed by atoms with Gasteiger partial charge in [-0.15, -0.1) is 11.3 Å². The summed E-state index contributed by atoms with van der Waals surface area (Å²) >= 11 is 2.95. The second-order valence-corrected chi connectivity index (χ2v) is 9.34. The van der Waals surface area contributed by atoms with Crippen molar-refractivity contribution in [2.24, 2.45) is 5.14 Å². The van der Waals surface area contributed by atoms with Gasteiger partial charge in [-0.05, 0) is 44.0 Å². The number of thioether (sulfide) groups is 1. The smallest absolute Gasteiger partial charge is 0.238 e. The van der Waals surface area contributed by atoms with Gasteiger partial charge in [0.05, 0.1) is 10.6 Å². The molecule has 1 aliphatic heterocycles. The molecule has 6 nitrogen and oxygen atoms in total. The van der Waals surface area contributed by atoms with E-state index in [1.165, 1.54) is 29.2 Å². The summed E-state index contributed by atoms with van der Waals surface area (Å²) < 4.78 is 23.8. The van der Waals surface area contributed by atoms with Gasteiger partial charge in [-0.3, -0.25) is 4.79 Å². The molecule has 0 bridgehead atoms. The fourth-order valence-electron chi connectivity index (χ4n) is 2.76. The van der Waals surface area contributed by atoms with Gasteiger partial charge in [0.15, 0.2) is 4.34 Å². The molecule has 0 spiro atoms. The molecule has 1 aliphatic rings. The molecule has 1 aromatic heterocycles. The maximum Gasteiger partial charge on any atom is 0.238 e. The quantitative estimate of drug-likeness (QED) is 0.817. The van der Waals surface area contributed by atoms with Crippen LogP contribution < -0.4 is 10.0 Å². The Hall–Kier alpha value is -1.42. The van der Waals surface area contributed by atoms with Gasteiger partial charge in [-0.25, -0.2) is 18.5 Å². The molecule has 2 N–H and O–H groups in total. The van der Waals surface area contributed by atoms with E-state index in [0.717, 1.165) is 21.3 Å². The highest BCUT2D eigenvalue weighted by Crippen LogP contribution is 2.34. The fraction of sp³-hybridized carbons (Fsp3) is 0.333. The number of carbonyl (C=O) groups is 1. The van der Waals surface area contributed by atoms with Crippen molar-refractivity contribution in [1.82, 2.24) is 4.98 Å². The van der Waals surface area contributed by atoms with Crippen LogP contribution in [0.3, 0.4) is 0 Å². The van der Waals surface area contributed by atoms with Gasteiger partial charge in [0.25, 0.3) is 0 Å². The molecule has 0 saturated carbocycles. The molecular formula is C15H17N3O3S3. The van der Waals surface area contributed by atoms with Gasteiger partial charge in [0, 0.05) is 22.8 Å². The number of aryl methyl sites for hydroxylation is 1. The summed E-state index contributed by atoms with van der Waals surface area (Å²) in [6.07, 6.45) is 0.617. The number of primary sulfonamides is 1. The average Bonchev–Trinajstić information content (AvgIpc) is 3.05. The van der Waals surface area contributed by atoms with E-state index in [2.05, 4.69) is 4.98 Å². The average molecular weight is 384 g/mol. The van der Waals surface area contributed by atoms with E-state index in [9.17, 15) is 13.2 Å². The van der Waals surface area contributed by atoms with Crippen LogP contribution in [0.1, 0.15) is 18.2 Å². The van der Waals surface area contributed by atoms with E-state index in [4.69, 9.17) is 5.14 Å². The second kappa shape index (κ2) is 6.47. The molecule has 1 aromatic carbocycles. The molecule has 0 fully saturated rings. The minimum absolute atomic E-state index is 0.0116. The van der Waals surface area contributed by atoms with Crippen molar-refractivity contribution in [2.75, 3.05) is 10.7 Å². The number of nitrogens with two attached hydrogens (primary N) is 1. The second-order valence-electron chi connectivity index (χ2n) is 5.70. The largest absolute Gasteiger partial charge is 0.308 e. The maximum absolute atomic E-state index is 12.6. The molecule has 2 heterocycles. The summed E-state index contributed by atoms with van der Waals surface area (Å²) in [7, 11) is -3.74. The van der Waals surface area contributed by atoms with Crippen LogP contribution in [0.4, 0.5) is 5.69 Å². The first kappa shape index (κ1) is 17.4. The Bertz CT molecular complexity index is 892. The number of aromatic nitrogens is 1. The number of fused-ring (bicyclic) bond motifs is 1. The SMILES string of the molecule is Cc1csc(SCC(=O)N2c3ccc(S(N)(=O)=O)cc3CC2C)n1. The fourth-order valence-corrected chi connectivity index (χ4v) is 5.03. The van der Waals surface area contributed by atoms with Crippen LogP contribution in [0.5, 0.6) is 0 Å². The molecule has 0 radical (unpaired) electrons. The lowest BCUT2D eigenvalue weighted by molar-refractivity contribution is -0.116. The van der Waals surface area contributed by atoms with Crippen LogP contribution >= 0.6 is 23.1 Å². The topological polar surface area (TPSA) is 93.4 Å². The molecule has 24 heavy (non-hydrogen) atoms. The minimum atomic E-state index is -3.74. The van der Waals surface area contributed by atoms with Crippen LogP contribution in [0, 0.1) is 6.92 Å². The number of thiazole rings is 1. The molecule has 1 atom stereocenters. The normalized spacial score (nSPS) is 17.1. The van der Waals surface area contributed by atoms with E-state index in [1.807, 2.05) is 19.2 Å². The highest BCUT2D eigenvalue weighted by Gasteiger charge is 2.31. The first-order chi connectivity index (χ1) is 11.3. The summed E-state index contributed by atoms with van der Waals surface area (Å²) in [5.41, 5.74) is 2.54. The van der Waals surface area contributed by atoms with Gasteiger partial charge in [0.1, 0.15) is 0 Å². The molecule has 3 rings (SSSR count). The van der Waals surface area contributed by atoms with Crippen LogP contribution in [-0.4, -0.2) is 31.1 Å². The molecule has 2 aromatic rings. The van der Waals surface area contributed by atoms with E-state index in [0.29, 0.717) is 12.2 Å². The molecular weight excluding hydrogens is 366 g/mol.